The van der Waals surface area contributed by atoms with Crippen molar-refractivity contribution in [2.24, 2.45) is 35.0 Å². The first-order valence-electron chi connectivity index (χ1n) is 15.1. The van der Waals surface area contributed by atoms with Crippen molar-refractivity contribution < 1.29 is 28.0 Å². The Morgan fingerprint density at radius 1 is 0.591 bits per heavy atom. The largest absolute Gasteiger partial charge is 0.467 e. The van der Waals surface area contributed by atoms with Crippen molar-refractivity contribution in [3.05, 3.63) is 120 Å². The highest BCUT2D eigenvalue weighted by molar-refractivity contribution is 6.17. The van der Waals surface area contributed by atoms with Gasteiger partial charge in [-0.25, -0.2) is 0 Å². The van der Waals surface area contributed by atoms with Crippen molar-refractivity contribution in [3.8, 4) is 0 Å². The molecule has 0 spiro atoms. The second-order valence-electron chi connectivity index (χ2n) is 12.1. The van der Waals surface area contributed by atoms with E-state index in [1.165, 1.54) is 22.3 Å². The number of hydrogen-bond acceptors (Lipinski definition) is 6. The van der Waals surface area contributed by atoms with Crippen LogP contribution in [0.2, 0.25) is 0 Å². The van der Waals surface area contributed by atoms with Gasteiger partial charge in [0.15, 0.2) is 0 Å². The monoisotopic (exact) mass is 586 g/mol. The van der Waals surface area contributed by atoms with E-state index < -0.39 is 35.0 Å². The number of carbonyl (C=O) groups is 4. The van der Waals surface area contributed by atoms with Gasteiger partial charge in [-0.15, -0.1) is 0 Å². The lowest BCUT2D eigenvalue weighted by Gasteiger charge is -2.59. The molecule has 44 heavy (non-hydrogen) atoms. The Morgan fingerprint density at radius 3 is 1.50 bits per heavy atom. The van der Waals surface area contributed by atoms with E-state index in [4.69, 9.17) is 8.83 Å². The van der Waals surface area contributed by atoms with Crippen LogP contribution in [0.5, 0.6) is 0 Å². The summed E-state index contributed by atoms with van der Waals surface area (Å²) in [7, 11) is 0. The van der Waals surface area contributed by atoms with E-state index >= 15 is 0 Å². The molecule has 2 aliphatic heterocycles. The van der Waals surface area contributed by atoms with E-state index in [2.05, 4.69) is 0 Å². The van der Waals surface area contributed by atoms with Gasteiger partial charge in [-0.3, -0.25) is 29.0 Å². The molecule has 4 atom stereocenters. The van der Waals surface area contributed by atoms with Gasteiger partial charge >= 0.3 is 0 Å². The van der Waals surface area contributed by atoms with Crippen molar-refractivity contribution in [1.82, 2.24) is 9.80 Å². The number of hydrogen-bond donors (Lipinski definition) is 0. The summed E-state index contributed by atoms with van der Waals surface area (Å²) in [5, 5.41) is 0. The Bertz CT molecular complexity index is 1730. The highest BCUT2D eigenvalue weighted by Crippen LogP contribution is 2.73. The fourth-order valence-corrected chi connectivity index (χ4v) is 8.84. The fourth-order valence-electron chi connectivity index (χ4n) is 8.84. The molecule has 2 aromatic carbocycles. The van der Waals surface area contributed by atoms with E-state index in [9.17, 15) is 19.2 Å². The number of benzene rings is 2. The van der Waals surface area contributed by atoms with Gasteiger partial charge in [0.2, 0.25) is 23.6 Å². The molecule has 8 nitrogen and oxygen atoms in total. The second-order valence-corrected chi connectivity index (χ2v) is 12.1. The summed E-state index contributed by atoms with van der Waals surface area (Å²) in [5.41, 5.74) is 2.45. The number of allylic oxidation sites excluding steroid dienone is 2. The smallest absolute Gasteiger partial charge is 0.234 e. The minimum atomic E-state index is -1.11. The molecule has 4 amide bonds. The van der Waals surface area contributed by atoms with Crippen molar-refractivity contribution in [3.63, 3.8) is 0 Å². The summed E-state index contributed by atoms with van der Waals surface area (Å²) in [6.07, 6.45) is 3.43. The summed E-state index contributed by atoms with van der Waals surface area (Å²) in [6.45, 7) is 1.99. The Balaban J connectivity index is 1.39. The number of imide groups is 2. The summed E-state index contributed by atoms with van der Waals surface area (Å²) in [5.74, 6) is -4.12. The van der Waals surface area contributed by atoms with Gasteiger partial charge in [-0.05, 0) is 53.0 Å². The van der Waals surface area contributed by atoms with Gasteiger partial charge < -0.3 is 8.83 Å². The van der Waals surface area contributed by atoms with Gasteiger partial charge in [-0.2, -0.15) is 0 Å². The second kappa shape index (κ2) is 9.77. The van der Waals surface area contributed by atoms with E-state index in [0.29, 0.717) is 17.9 Å². The Kier molecular flexibility index (Phi) is 5.92. The summed E-state index contributed by atoms with van der Waals surface area (Å²) in [6, 6.07) is 26.6. The summed E-state index contributed by atoms with van der Waals surface area (Å²) >= 11 is 0. The molecule has 3 aliphatic carbocycles. The van der Waals surface area contributed by atoms with Crippen molar-refractivity contribution >= 4 is 34.8 Å². The highest BCUT2D eigenvalue weighted by atomic mass is 16.3. The predicted molar refractivity (Wildman–Crippen MR) is 158 cm³/mol. The third-order valence-electron chi connectivity index (χ3n) is 10.4. The quantitative estimate of drug-likeness (QED) is 0.268. The zero-order valence-corrected chi connectivity index (χ0v) is 24.1. The van der Waals surface area contributed by atoms with Crippen LogP contribution >= 0.6 is 0 Å². The van der Waals surface area contributed by atoms with Crippen molar-refractivity contribution in [2.45, 2.75) is 26.4 Å². The maximum atomic E-state index is 14.6. The van der Waals surface area contributed by atoms with Crippen LogP contribution in [0.15, 0.2) is 106 Å². The zero-order valence-electron chi connectivity index (χ0n) is 24.1. The Hall–Kier alpha value is -4.98. The first-order valence-corrected chi connectivity index (χ1v) is 15.1. The molecule has 9 rings (SSSR count). The molecule has 2 saturated heterocycles. The number of amides is 4. The van der Waals surface area contributed by atoms with Crippen molar-refractivity contribution in [2.75, 3.05) is 0 Å². The molecule has 2 bridgehead atoms. The van der Waals surface area contributed by atoms with Crippen LogP contribution in [0.1, 0.15) is 36.0 Å². The molecule has 220 valence electrons. The number of carbonyl (C=O) groups excluding carboxylic acids is 4. The minimum absolute atomic E-state index is 0.00731. The fraction of sp³-hybridized carbons (Fsp3) is 0.278. The van der Waals surface area contributed by atoms with Crippen LogP contribution < -0.4 is 0 Å². The number of nitrogens with zero attached hydrogens (tertiary/aromatic N) is 2. The molecule has 5 aliphatic rings. The molecule has 8 heteroatoms. The molecular formula is C36H30N2O6. The third-order valence-corrected chi connectivity index (χ3v) is 10.4. The maximum absolute atomic E-state index is 14.6. The first kappa shape index (κ1) is 26.6. The van der Waals surface area contributed by atoms with Crippen LogP contribution in [-0.2, 0) is 32.3 Å². The first-order chi connectivity index (χ1) is 21.5. The van der Waals surface area contributed by atoms with Crippen LogP contribution in [-0.4, -0.2) is 33.4 Å². The third kappa shape index (κ3) is 3.45. The van der Waals surface area contributed by atoms with Gasteiger partial charge in [0.1, 0.15) is 11.5 Å². The SMILES string of the molecule is CCC12C(c3ccccc3)=C(c3ccccc3)C(C3C(=O)N(Cc4ccco4)C(=O)C31)C1C(=O)N(Cc3ccco3)C(=O)C12. The average molecular weight is 587 g/mol. The van der Waals surface area contributed by atoms with E-state index in [0.717, 1.165) is 22.3 Å². The molecule has 2 aromatic heterocycles. The normalized spacial score (nSPS) is 29.2. The lowest BCUT2D eigenvalue weighted by atomic mass is 9.40. The van der Waals surface area contributed by atoms with E-state index in [1.807, 2.05) is 67.6 Å². The molecular weight excluding hydrogens is 556 g/mol. The molecule has 1 saturated carbocycles. The Labute approximate surface area is 253 Å². The summed E-state index contributed by atoms with van der Waals surface area (Å²) in [4.78, 5) is 60.7. The van der Waals surface area contributed by atoms with Gasteiger partial charge in [-0.1, -0.05) is 67.6 Å². The van der Waals surface area contributed by atoms with Gasteiger partial charge in [0.05, 0.1) is 49.3 Å². The van der Waals surface area contributed by atoms with Crippen LogP contribution in [0.4, 0.5) is 0 Å². The lowest BCUT2D eigenvalue weighted by Crippen LogP contribution is -2.60. The van der Waals surface area contributed by atoms with Crippen LogP contribution in [0.25, 0.3) is 11.1 Å². The average Bonchev–Trinajstić information content (AvgIpc) is 3.86. The van der Waals surface area contributed by atoms with Gasteiger partial charge in [0, 0.05) is 11.3 Å². The maximum Gasteiger partial charge on any atom is 0.234 e. The minimum Gasteiger partial charge on any atom is -0.467 e. The van der Waals surface area contributed by atoms with Crippen LogP contribution in [0.3, 0.4) is 0 Å². The number of likely N-dealkylation sites (tertiary alicyclic amines) is 2. The zero-order chi connectivity index (χ0) is 30.2. The number of rotatable bonds is 7. The molecule has 4 heterocycles. The van der Waals surface area contributed by atoms with Gasteiger partial charge in [0.25, 0.3) is 0 Å². The van der Waals surface area contributed by atoms with E-state index in [-0.39, 0.29) is 36.7 Å². The summed E-state index contributed by atoms with van der Waals surface area (Å²) < 4.78 is 11.1. The lowest BCUT2D eigenvalue weighted by molar-refractivity contribution is -0.146. The molecule has 4 unspecified atom stereocenters. The highest BCUT2D eigenvalue weighted by Gasteiger charge is 2.77. The molecule has 3 fully saturated rings. The molecule has 4 aromatic rings. The van der Waals surface area contributed by atoms with Crippen LogP contribution in [0, 0.1) is 35.0 Å². The standard InChI is InChI=1S/C36H30N2O6/c1-2-36-29(22-13-7-4-8-14-22)25(21-11-5-3-6-12-21)26(27-30(36)34(41)37(32(27)39)19-23-15-9-17-43-23)28-31(36)35(42)38(33(28)40)20-24-16-10-18-44-24/h3-18,26-28,30-31H,2,19-20H2,1H3. The predicted octanol–water partition coefficient (Wildman–Crippen LogP) is 5.43. The number of furan rings is 2. The Morgan fingerprint density at radius 2 is 1.07 bits per heavy atom. The van der Waals surface area contributed by atoms with E-state index in [1.54, 1.807) is 24.3 Å². The van der Waals surface area contributed by atoms with Crippen molar-refractivity contribution in [1.29, 1.82) is 0 Å². The molecule has 0 N–H and O–H groups in total. The topological polar surface area (TPSA) is 101 Å². The molecule has 0 radical (unpaired) electrons.